The molecule has 0 aliphatic heterocycles. The number of hydrogen-bond acceptors (Lipinski definition) is 3. The van der Waals surface area contributed by atoms with Crippen LogP contribution in [0.2, 0.25) is 0 Å². The Morgan fingerprint density at radius 1 is 1.58 bits per heavy atom. The lowest BCUT2D eigenvalue weighted by molar-refractivity contribution is 0.200. The highest BCUT2D eigenvalue weighted by molar-refractivity contribution is 5.59. The molecule has 1 atom stereocenters. The summed E-state index contributed by atoms with van der Waals surface area (Å²) in [6, 6.07) is 7.00. The Kier molecular flexibility index (Phi) is 2.32. The smallest absolute Gasteiger partial charge is 0.101 e. The van der Waals surface area contributed by atoms with Crippen LogP contribution in [-0.2, 0) is 0 Å². The van der Waals surface area contributed by atoms with Crippen LogP contribution in [0, 0.1) is 11.3 Å². The maximum absolute atomic E-state index is 9.24. The summed E-state index contributed by atoms with van der Waals surface area (Å²) in [6.07, 6.45) is -0.627. The van der Waals surface area contributed by atoms with E-state index in [1.54, 1.807) is 25.1 Å². The number of nitrogens with two attached hydrogens (primary N) is 1. The molecule has 1 aromatic carbocycles. The van der Waals surface area contributed by atoms with Gasteiger partial charge in [-0.25, -0.2) is 0 Å². The number of aliphatic hydroxyl groups excluding tert-OH is 1. The highest BCUT2D eigenvalue weighted by atomic mass is 16.3. The average molecular weight is 162 g/mol. The number of hydrogen-bond donors (Lipinski definition) is 2. The van der Waals surface area contributed by atoms with Crippen LogP contribution < -0.4 is 5.73 Å². The largest absolute Gasteiger partial charge is 0.397 e. The molecule has 1 aromatic rings. The second kappa shape index (κ2) is 3.24. The number of para-hydroxylation sites is 1. The lowest BCUT2D eigenvalue weighted by Gasteiger charge is -2.08. The minimum atomic E-state index is -0.627. The summed E-state index contributed by atoms with van der Waals surface area (Å²) < 4.78 is 0. The molecule has 12 heavy (non-hydrogen) atoms. The van der Waals surface area contributed by atoms with Gasteiger partial charge in [-0.1, -0.05) is 12.1 Å². The van der Waals surface area contributed by atoms with Crippen molar-refractivity contribution < 1.29 is 5.11 Å². The van der Waals surface area contributed by atoms with E-state index in [1.165, 1.54) is 0 Å². The van der Waals surface area contributed by atoms with Crippen LogP contribution in [0.4, 0.5) is 5.69 Å². The van der Waals surface area contributed by atoms with E-state index in [-0.39, 0.29) is 0 Å². The average Bonchev–Trinajstić information content (AvgIpc) is 2.04. The van der Waals surface area contributed by atoms with Crippen LogP contribution >= 0.6 is 0 Å². The lowest BCUT2D eigenvalue weighted by Crippen LogP contribution is -2.00. The fourth-order valence-electron chi connectivity index (χ4n) is 1.04. The van der Waals surface area contributed by atoms with Gasteiger partial charge in [0.2, 0.25) is 0 Å². The first-order chi connectivity index (χ1) is 5.66. The first-order valence-corrected chi connectivity index (χ1v) is 3.63. The number of nitrogen functional groups attached to an aromatic ring is 1. The summed E-state index contributed by atoms with van der Waals surface area (Å²) in [5, 5.41) is 17.8. The van der Waals surface area contributed by atoms with E-state index in [0.717, 1.165) is 0 Å². The Labute approximate surface area is 71.1 Å². The third-order valence-corrected chi connectivity index (χ3v) is 1.71. The fourth-order valence-corrected chi connectivity index (χ4v) is 1.04. The number of benzene rings is 1. The Balaban J connectivity index is 3.25. The highest BCUT2D eigenvalue weighted by Crippen LogP contribution is 2.22. The summed E-state index contributed by atoms with van der Waals surface area (Å²) >= 11 is 0. The molecule has 0 fully saturated rings. The molecule has 0 aliphatic rings. The van der Waals surface area contributed by atoms with Gasteiger partial charge in [-0.3, -0.25) is 0 Å². The van der Waals surface area contributed by atoms with Crippen molar-refractivity contribution in [3.05, 3.63) is 29.3 Å². The monoisotopic (exact) mass is 162 g/mol. The first kappa shape index (κ1) is 8.57. The number of anilines is 1. The maximum Gasteiger partial charge on any atom is 0.101 e. The summed E-state index contributed by atoms with van der Waals surface area (Å²) in [5.41, 5.74) is 7.00. The van der Waals surface area contributed by atoms with Crippen LogP contribution in [0.3, 0.4) is 0 Å². The van der Waals surface area contributed by atoms with E-state index in [4.69, 9.17) is 11.0 Å². The Hall–Kier alpha value is -1.53. The van der Waals surface area contributed by atoms with Gasteiger partial charge in [0.05, 0.1) is 17.4 Å². The maximum atomic E-state index is 9.24. The van der Waals surface area contributed by atoms with E-state index in [9.17, 15) is 5.11 Å². The van der Waals surface area contributed by atoms with Crippen LogP contribution in [0.5, 0.6) is 0 Å². The van der Waals surface area contributed by atoms with Gasteiger partial charge in [0.1, 0.15) is 6.07 Å². The standard InChI is InChI=1S/C9H10N2O/c1-6(12)8-4-2-3-7(5-10)9(8)11/h2-4,6,12H,11H2,1H3. The van der Waals surface area contributed by atoms with Gasteiger partial charge in [0.25, 0.3) is 0 Å². The summed E-state index contributed by atoms with van der Waals surface area (Å²) in [7, 11) is 0. The quantitative estimate of drug-likeness (QED) is 0.609. The van der Waals surface area contributed by atoms with E-state index in [2.05, 4.69) is 0 Å². The van der Waals surface area contributed by atoms with E-state index < -0.39 is 6.10 Å². The van der Waals surface area contributed by atoms with E-state index in [1.807, 2.05) is 6.07 Å². The Bertz CT molecular complexity index is 326. The van der Waals surface area contributed by atoms with Crippen LogP contribution in [-0.4, -0.2) is 5.11 Å². The van der Waals surface area contributed by atoms with Gasteiger partial charge in [-0.05, 0) is 13.0 Å². The Morgan fingerprint density at radius 2 is 2.25 bits per heavy atom. The molecule has 0 bridgehead atoms. The molecule has 0 saturated heterocycles. The zero-order valence-corrected chi connectivity index (χ0v) is 6.78. The second-order valence-electron chi connectivity index (χ2n) is 2.60. The molecule has 1 rings (SSSR count). The molecule has 0 aromatic heterocycles. The summed E-state index contributed by atoms with van der Waals surface area (Å²) in [6.45, 7) is 1.62. The first-order valence-electron chi connectivity index (χ1n) is 3.63. The molecule has 3 heteroatoms. The molecule has 0 spiro atoms. The van der Waals surface area contributed by atoms with Gasteiger partial charge in [0, 0.05) is 5.56 Å². The van der Waals surface area contributed by atoms with Gasteiger partial charge in [0.15, 0.2) is 0 Å². The fraction of sp³-hybridized carbons (Fsp3) is 0.222. The lowest BCUT2D eigenvalue weighted by atomic mass is 10.0. The van der Waals surface area contributed by atoms with Gasteiger partial charge >= 0.3 is 0 Å². The van der Waals surface area contributed by atoms with Crippen LogP contribution in [0.25, 0.3) is 0 Å². The number of aliphatic hydroxyl groups is 1. The zero-order valence-electron chi connectivity index (χ0n) is 6.78. The van der Waals surface area contributed by atoms with Crippen molar-refractivity contribution in [2.75, 3.05) is 5.73 Å². The van der Waals surface area contributed by atoms with Crippen molar-refractivity contribution in [3.63, 3.8) is 0 Å². The van der Waals surface area contributed by atoms with Crippen molar-refractivity contribution in [2.24, 2.45) is 0 Å². The van der Waals surface area contributed by atoms with Crippen LogP contribution in [0.15, 0.2) is 18.2 Å². The Morgan fingerprint density at radius 3 is 2.75 bits per heavy atom. The molecule has 0 amide bonds. The van der Waals surface area contributed by atoms with Crippen molar-refractivity contribution in [2.45, 2.75) is 13.0 Å². The molecular formula is C9H10N2O. The van der Waals surface area contributed by atoms with Gasteiger partial charge in [-0.15, -0.1) is 0 Å². The SMILES string of the molecule is CC(O)c1cccc(C#N)c1N. The summed E-state index contributed by atoms with van der Waals surface area (Å²) in [5.74, 6) is 0. The molecule has 62 valence electrons. The molecule has 3 nitrogen and oxygen atoms in total. The third kappa shape index (κ3) is 1.39. The van der Waals surface area contributed by atoms with Crippen LogP contribution in [0.1, 0.15) is 24.2 Å². The van der Waals surface area contributed by atoms with E-state index in [0.29, 0.717) is 16.8 Å². The topological polar surface area (TPSA) is 70.0 Å². The number of nitriles is 1. The minimum Gasteiger partial charge on any atom is -0.397 e. The number of rotatable bonds is 1. The van der Waals surface area contributed by atoms with Crippen molar-refractivity contribution in [1.82, 2.24) is 0 Å². The van der Waals surface area contributed by atoms with E-state index >= 15 is 0 Å². The van der Waals surface area contributed by atoms with Crippen molar-refractivity contribution in [3.8, 4) is 6.07 Å². The molecular weight excluding hydrogens is 152 g/mol. The van der Waals surface area contributed by atoms with Crippen molar-refractivity contribution >= 4 is 5.69 Å². The third-order valence-electron chi connectivity index (χ3n) is 1.71. The second-order valence-corrected chi connectivity index (χ2v) is 2.60. The molecule has 0 radical (unpaired) electrons. The normalized spacial score (nSPS) is 12.1. The zero-order chi connectivity index (χ0) is 9.14. The molecule has 1 unspecified atom stereocenters. The highest BCUT2D eigenvalue weighted by Gasteiger charge is 2.07. The van der Waals surface area contributed by atoms with Gasteiger partial charge in [-0.2, -0.15) is 5.26 Å². The molecule has 0 heterocycles. The summed E-state index contributed by atoms with van der Waals surface area (Å²) in [4.78, 5) is 0. The predicted molar refractivity (Wildman–Crippen MR) is 46.2 cm³/mol. The molecule has 0 saturated carbocycles. The van der Waals surface area contributed by atoms with Crippen molar-refractivity contribution in [1.29, 1.82) is 5.26 Å². The predicted octanol–water partition coefficient (Wildman–Crippen LogP) is 1.19. The minimum absolute atomic E-state index is 0.370. The number of nitrogens with zero attached hydrogens (tertiary/aromatic N) is 1. The van der Waals surface area contributed by atoms with Gasteiger partial charge < -0.3 is 10.8 Å². The molecule has 0 aliphatic carbocycles. The molecule has 3 N–H and O–H groups in total.